The van der Waals surface area contributed by atoms with E-state index in [0.717, 1.165) is 9.26 Å². The normalized spacial score (nSPS) is 12.5. The van der Waals surface area contributed by atoms with Crippen LogP contribution in [0.3, 0.4) is 0 Å². The van der Waals surface area contributed by atoms with Gasteiger partial charge in [0.15, 0.2) is 0 Å². The second-order valence-corrected chi connectivity index (χ2v) is 5.57. The van der Waals surface area contributed by atoms with Crippen LogP contribution in [0, 0.1) is 3.57 Å². The first kappa shape index (κ1) is 15.4. The molecule has 1 amide bonds. The maximum Gasteiger partial charge on any atom is 0.238 e. The molecule has 1 aromatic rings. The van der Waals surface area contributed by atoms with E-state index in [1.807, 2.05) is 36.2 Å². The minimum absolute atomic E-state index is 0.0350. The molecular formula is C13H19IN2O2. The lowest BCUT2D eigenvalue weighted by atomic mass is 10.3. The Morgan fingerprint density at radius 2 is 2.17 bits per heavy atom. The molecule has 0 radical (unpaired) electrons. The summed E-state index contributed by atoms with van der Waals surface area (Å²) in [6.45, 7) is 2.79. The third kappa shape index (κ3) is 5.79. The lowest BCUT2D eigenvalue weighted by Gasteiger charge is -2.17. The van der Waals surface area contributed by atoms with E-state index in [2.05, 4.69) is 27.9 Å². The standard InChI is InChI=1S/C13H19IN2O2/c1-10(17)7-8-16(2)9-13(18)15-12-6-4-3-5-11(12)14/h3-6,10,17H,7-9H2,1-2H3,(H,15,18). The highest BCUT2D eigenvalue weighted by Gasteiger charge is 2.09. The molecule has 1 atom stereocenters. The van der Waals surface area contributed by atoms with Crippen molar-refractivity contribution in [3.8, 4) is 0 Å². The number of carbonyl (C=O) groups is 1. The van der Waals surface area contributed by atoms with Gasteiger partial charge in [0.1, 0.15) is 0 Å². The van der Waals surface area contributed by atoms with E-state index in [4.69, 9.17) is 0 Å². The third-order valence-corrected chi connectivity index (χ3v) is 3.43. The van der Waals surface area contributed by atoms with Gasteiger partial charge >= 0.3 is 0 Å². The summed E-state index contributed by atoms with van der Waals surface area (Å²) in [5.74, 6) is -0.0350. The van der Waals surface area contributed by atoms with Gasteiger partial charge in [-0.2, -0.15) is 0 Å². The zero-order chi connectivity index (χ0) is 13.5. The Labute approximate surface area is 122 Å². The number of aliphatic hydroxyl groups is 1. The van der Waals surface area contributed by atoms with Gasteiger partial charge in [0.05, 0.1) is 18.3 Å². The van der Waals surface area contributed by atoms with Gasteiger partial charge in [0.2, 0.25) is 5.91 Å². The van der Waals surface area contributed by atoms with Gasteiger partial charge in [-0.25, -0.2) is 0 Å². The summed E-state index contributed by atoms with van der Waals surface area (Å²) in [5.41, 5.74) is 0.840. The maximum absolute atomic E-state index is 11.8. The zero-order valence-corrected chi connectivity index (χ0v) is 12.8. The molecule has 1 rings (SSSR count). The van der Waals surface area contributed by atoms with Crippen LogP contribution in [-0.4, -0.2) is 42.2 Å². The van der Waals surface area contributed by atoms with E-state index in [0.29, 0.717) is 19.5 Å². The van der Waals surface area contributed by atoms with Gasteiger partial charge in [-0.15, -0.1) is 0 Å². The number of hydrogen-bond donors (Lipinski definition) is 2. The molecule has 0 bridgehead atoms. The van der Waals surface area contributed by atoms with E-state index in [9.17, 15) is 9.90 Å². The quantitative estimate of drug-likeness (QED) is 0.761. The van der Waals surface area contributed by atoms with Crippen molar-refractivity contribution in [2.45, 2.75) is 19.4 Å². The molecule has 0 spiro atoms. The largest absolute Gasteiger partial charge is 0.393 e. The molecule has 1 aromatic carbocycles. The van der Waals surface area contributed by atoms with Crippen LogP contribution in [0.4, 0.5) is 5.69 Å². The molecule has 0 aliphatic heterocycles. The molecule has 0 saturated carbocycles. The molecule has 0 heterocycles. The van der Waals surface area contributed by atoms with Gasteiger partial charge in [-0.05, 0) is 55.1 Å². The number of aliphatic hydroxyl groups excluding tert-OH is 1. The average molecular weight is 362 g/mol. The van der Waals surface area contributed by atoms with Crippen molar-refractivity contribution in [2.24, 2.45) is 0 Å². The average Bonchev–Trinajstić information content (AvgIpc) is 2.29. The van der Waals surface area contributed by atoms with Crippen LogP contribution < -0.4 is 5.32 Å². The number of carbonyl (C=O) groups excluding carboxylic acids is 1. The van der Waals surface area contributed by atoms with Crippen molar-refractivity contribution >= 4 is 34.2 Å². The maximum atomic E-state index is 11.8. The van der Waals surface area contributed by atoms with Gasteiger partial charge < -0.3 is 10.4 Å². The summed E-state index contributed by atoms with van der Waals surface area (Å²) in [5, 5.41) is 12.1. The Balaban J connectivity index is 2.40. The second kappa shape index (κ2) is 7.70. The molecule has 0 aliphatic rings. The minimum Gasteiger partial charge on any atom is -0.393 e. The third-order valence-electron chi connectivity index (χ3n) is 2.49. The Hall–Kier alpha value is -0.660. The van der Waals surface area contributed by atoms with Crippen LogP contribution in [0.5, 0.6) is 0 Å². The van der Waals surface area contributed by atoms with Crippen LogP contribution in [0.2, 0.25) is 0 Å². The van der Waals surface area contributed by atoms with Crippen LogP contribution in [-0.2, 0) is 4.79 Å². The SMILES string of the molecule is CC(O)CCN(C)CC(=O)Nc1ccccc1I. The first-order valence-corrected chi connectivity index (χ1v) is 6.98. The Morgan fingerprint density at radius 1 is 1.50 bits per heavy atom. The van der Waals surface area contributed by atoms with Gasteiger partial charge in [0, 0.05) is 10.1 Å². The number of benzene rings is 1. The highest BCUT2D eigenvalue weighted by molar-refractivity contribution is 14.1. The van der Waals surface area contributed by atoms with Crippen molar-refractivity contribution in [3.63, 3.8) is 0 Å². The van der Waals surface area contributed by atoms with Crippen molar-refractivity contribution in [1.82, 2.24) is 4.90 Å². The molecule has 0 aromatic heterocycles. The summed E-state index contributed by atoms with van der Waals surface area (Å²) in [6.07, 6.45) is 0.345. The van der Waals surface area contributed by atoms with Crippen LogP contribution in [0.25, 0.3) is 0 Å². The number of likely N-dealkylation sites (N-methyl/N-ethyl adjacent to an activating group) is 1. The molecule has 2 N–H and O–H groups in total. The van der Waals surface area contributed by atoms with Crippen LogP contribution in [0.15, 0.2) is 24.3 Å². The minimum atomic E-state index is -0.328. The smallest absolute Gasteiger partial charge is 0.238 e. The molecule has 18 heavy (non-hydrogen) atoms. The molecule has 4 nitrogen and oxygen atoms in total. The number of amides is 1. The molecular weight excluding hydrogens is 343 g/mol. The summed E-state index contributed by atoms with van der Waals surface area (Å²) in [7, 11) is 1.87. The Bertz CT molecular complexity index is 396. The van der Waals surface area contributed by atoms with Crippen molar-refractivity contribution in [1.29, 1.82) is 0 Å². The zero-order valence-electron chi connectivity index (χ0n) is 10.7. The topological polar surface area (TPSA) is 52.6 Å². The van der Waals surface area contributed by atoms with E-state index >= 15 is 0 Å². The number of nitrogens with one attached hydrogen (secondary N) is 1. The number of hydrogen-bond acceptors (Lipinski definition) is 3. The number of rotatable bonds is 6. The number of halogens is 1. The van der Waals surface area contributed by atoms with Gasteiger partial charge in [0.25, 0.3) is 0 Å². The van der Waals surface area contributed by atoms with E-state index in [-0.39, 0.29) is 12.0 Å². The summed E-state index contributed by atoms with van der Waals surface area (Å²) in [4.78, 5) is 13.7. The van der Waals surface area contributed by atoms with E-state index in [1.165, 1.54) is 0 Å². The molecule has 0 aliphatic carbocycles. The summed E-state index contributed by atoms with van der Waals surface area (Å²) >= 11 is 2.19. The molecule has 0 fully saturated rings. The lowest BCUT2D eigenvalue weighted by molar-refractivity contribution is -0.117. The first-order valence-electron chi connectivity index (χ1n) is 5.90. The van der Waals surface area contributed by atoms with Crippen LogP contribution in [0.1, 0.15) is 13.3 Å². The Kier molecular flexibility index (Phi) is 6.59. The van der Waals surface area contributed by atoms with Crippen molar-refractivity contribution < 1.29 is 9.90 Å². The van der Waals surface area contributed by atoms with E-state index in [1.54, 1.807) is 6.92 Å². The fraction of sp³-hybridized carbons (Fsp3) is 0.462. The fourth-order valence-corrected chi connectivity index (χ4v) is 2.01. The molecule has 5 heteroatoms. The van der Waals surface area contributed by atoms with Crippen molar-refractivity contribution in [2.75, 3.05) is 25.5 Å². The Morgan fingerprint density at radius 3 is 2.78 bits per heavy atom. The predicted octanol–water partition coefficient (Wildman–Crippen LogP) is 1.93. The number of para-hydroxylation sites is 1. The molecule has 100 valence electrons. The lowest BCUT2D eigenvalue weighted by Crippen LogP contribution is -2.32. The molecule has 0 saturated heterocycles. The molecule has 1 unspecified atom stereocenters. The first-order chi connectivity index (χ1) is 8.49. The fourth-order valence-electron chi connectivity index (χ4n) is 1.48. The second-order valence-electron chi connectivity index (χ2n) is 4.40. The summed E-state index contributed by atoms with van der Waals surface area (Å²) < 4.78 is 1.02. The number of anilines is 1. The highest BCUT2D eigenvalue weighted by Crippen LogP contribution is 2.16. The highest BCUT2D eigenvalue weighted by atomic mass is 127. The van der Waals surface area contributed by atoms with Gasteiger partial charge in [-0.3, -0.25) is 9.69 Å². The van der Waals surface area contributed by atoms with E-state index < -0.39 is 0 Å². The summed E-state index contributed by atoms with van der Waals surface area (Å²) in [6, 6.07) is 7.67. The van der Waals surface area contributed by atoms with Gasteiger partial charge in [-0.1, -0.05) is 12.1 Å². The predicted molar refractivity (Wildman–Crippen MR) is 81.6 cm³/mol. The number of nitrogens with zero attached hydrogens (tertiary/aromatic N) is 1. The van der Waals surface area contributed by atoms with Crippen LogP contribution >= 0.6 is 22.6 Å². The monoisotopic (exact) mass is 362 g/mol. The van der Waals surface area contributed by atoms with Crippen molar-refractivity contribution in [3.05, 3.63) is 27.8 Å².